The Hall–Kier alpha value is -3.05. The lowest BCUT2D eigenvalue weighted by atomic mass is 10.1. The Morgan fingerprint density at radius 3 is 2.33 bits per heavy atom. The first-order valence-electron chi connectivity index (χ1n) is 8.32. The molecule has 138 valence electrons. The average Bonchev–Trinajstić information content (AvgIpc) is 3.26. The molecular weight excluding hydrogens is 360 g/mol. The second-order valence-corrected chi connectivity index (χ2v) is 6.65. The molecule has 1 aromatic heterocycles. The molecule has 27 heavy (non-hydrogen) atoms. The molecule has 0 aliphatic carbocycles. The highest BCUT2D eigenvalue weighted by Crippen LogP contribution is 2.31. The van der Waals surface area contributed by atoms with Gasteiger partial charge in [0.15, 0.2) is 17.3 Å². The van der Waals surface area contributed by atoms with E-state index in [1.54, 1.807) is 56.9 Å². The van der Waals surface area contributed by atoms with Crippen LogP contribution in [0.3, 0.4) is 0 Å². The summed E-state index contributed by atoms with van der Waals surface area (Å²) in [6.45, 7) is 0. The third-order valence-electron chi connectivity index (χ3n) is 4.12. The maximum atomic E-state index is 12.5. The Kier molecular flexibility index (Phi) is 5.94. The molecular formula is C22H20O4S. The minimum Gasteiger partial charge on any atom is -0.496 e. The molecule has 0 bridgehead atoms. The Labute approximate surface area is 162 Å². The van der Waals surface area contributed by atoms with E-state index in [2.05, 4.69) is 6.07 Å². The predicted molar refractivity (Wildman–Crippen MR) is 109 cm³/mol. The molecule has 0 aliphatic heterocycles. The molecule has 4 nitrogen and oxygen atoms in total. The summed E-state index contributed by atoms with van der Waals surface area (Å²) in [5.41, 5.74) is 2.45. The quantitative estimate of drug-likeness (QED) is 0.410. The SMILES string of the molecule is COc1cc(-c2cccs2)ccc1C=CC(=O)c1ccc(OC)c(OC)c1. The Morgan fingerprint density at radius 2 is 1.67 bits per heavy atom. The van der Waals surface area contributed by atoms with Crippen molar-refractivity contribution in [2.45, 2.75) is 0 Å². The van der Waals surface area contributed by atoms with Gasteiger partial charge in [-0.2, -0.15) is 0 Å². The fourth-order valence-electron chi connectivity index (χ4n) is 2.70. The zero-order valence-electron chi connectivity index (χ0n) is 15.4. The van der Waals surface area contributed by atoms with Gasteiger partial charge in [0.25, 0.3) is 0 Å². The number of rotatable bonds is 7. The number of ketones is 1. The summed E-state index contributed by atoms with van der Waals surface area (Å²) < 4.78 is 16.0. The molecule has 0 N–H and O–H groups in total. The van der Waals surface area contributed by atoms with Crippen molar-refractivity contribution in [3.8, 4) is 27.7 Å². The average molecular weight is 380 g/mol. The maximum absolute atomic E-state index is 12.5. The maximum Gasteiger partial charge on any atom is 0.185 e. The van der Waals surface area contributed by atoms with E-state index in [1.807, 2.05) is 29.6 Å². The molecule has 3 rings (SSSR count). The summed E-state index contributed by atoms with van der Waals surface area (Å²) in [6, 6.07) is 15.1. The monoisotopic (exact) mass is 380 g/mol. The summed E-state index contributed by atoms with van der Waals surface area (Å²) in [6.07, 6.45) is 3.29. The zero-order valence-corrected chi connectivity index (χ0v) is 16.2. The van der Waals surface area contributed by atoms with Gasteiger partial charge >= 0.3 is 0 Å². The van der Waals surface area contributed by atoms with Gasteiger partial charge in [0.05, 0.1) is 21.3 Å². The highest BCUT2D eigenvalue weighted by Gasteiger charge is 2.10. The summed E-state index contributed by atoms with van der Waals surface area (Å²) in [5, 5.41) is 2.04. The van der Waals surface area contributed by atoms with Crippen LogP contribution < -0.4 is 14.2 Å². The van der Waals surface area contributed by atoms with Gasteiger partial charge in [-0.1, -0.05) is 18.2 Å². The molecule has 0 aliphatic rings. The van der Waals surface area contributed by atoms with Gasteiger partial charge in [-0.3, -0.25) is 4.79 Å². The second kappa shape index (κ2) is 8.56. The number of carbonyl (C=O) groups excluding carboxylic acids is 1. The van der Waals surface area contributed by atoms with Crippen molar-refractivity contribution >= 4 is 23.2 Å². The van der Waals surface area contributed by atoms with Crippen LogP contribution in [-0.2, 0) is 0 Å². The van der Waals surface area contributed by atoms with Crippen LogP contribution in [0.1, 0.15) is 15.9 Å². The minimum atomic E-state index is -0.125. The molecule has 0 atom stereocenters. The predicted octanol–water partition coefficient (Wildman–Crippen LogP) is 5.34. The van der Waals surface area contributed by atoms with Gasteiger partial charge in [-0.15, -0.1) is 11.3 Å². The van der Waals surface area contributed by atoms with E-state index in [0.717, 1.165) is 16.9 Å². The number of methoxy groups -OCH3 is 3. The van der Waals surface area contributed by atoms with E-state index in [0.29, 0.717) is 17.1 Å². The first-order chi connectivity index (χ1) is 13.2. The highest BCUT2D eigenvalue weighted by atomic mass is 32.1. The van der Waals surface area contributed by atoms with Crippen molar-refractivity contribution in [2.24, 2.45) is 0 Å². The molecule has 0 spiro atoms. The molecule has 0 radical (unpaired) electrons. The van der Waals surface area contributed by atoms with Crippen LogP contribution >= 0.6 is 11.3 Å². The number of thiophene rings is 1. The molecule has 5 heteroatoms. The van der Waals surface area contributed by atoms with E-state index in [-0.39, 0.29) is 5.78 Å². The Morgan fingerprint density at radius 1 is 0.889 bits per heavy atom. The van der Waals surface area contributed by atoms with Crippen molar-refractivity contribution in [3.63, 3.8) is 0 Å². The van der Waals surface area contributed by atoms with Crippen LogP contribution in [0.15, 0.2) is 60.0 Å². The minimum absolute atomic E-state index is 0.125. The Bertz CT molecular complexity index is 958. The first-order valence-corrected chi connectivity index (χ1v) is 9.20. The van der Waals surface area contributed by atoms with E-state index in [1.165, 1.54) is 11.0 Å². The van der Waals surface area contributed by atoms with Crippen molar-refractivity contribution < 1.29 is 19.0 Å². The van der Waals surface area contributed by atoms with Crippen LogP contribution in [0.4, 0.5) is 0 Å². The lowest BCUT2D eigenvalue weighted by Crippen LogP contribution is -1.97. The number of hydrogen-bond donors (Lipinski definition) is 0. The summed E-state index contributed by atoms with van der Waals surface area (Å²) in [5.74, 6) is 1.70. The fourth-order valence-corrected chi connectivity index (χ4v) is 3.42. The van der Waals surface area contributed by atoms with Crippen LogP contribution in [0.5, 0.6) is 17.2 Å². The van der Waals surface area contributed by atoms with Crippen molar-refractivity contribution in [2.75, 3.05) is 21.3 Å². The van der Waals surface area contributed by atoms with Crippen LogP contribution in [-0.4, -0.2) is 27.1 Å². The topological polar surface area (TPSA) is 44.8 Å². The van der Waals surface area contributed by atoms with Gasteiger partial charge in [-0.05, 0) is 53.4 Å². The third-order valence-corrected chi connectivity index (χ3v) is 5.04. The fraction of sp³-hybridized carbons (Fsp3) is 0.136. The Balaban J connectivity index is 1.84. The smallest absolute Gasteiger partial charge is 0.185 e. The largest absolute Gasteiger partial charge is 0.496 e. The third kappa shape index (κ3) is 4.20. The molecule has 0 saturated heterocycles. The summed E-state index contributed by atoms with van der Waals surface area (Å²) in [4.78, 5) is 13.7. The molecule has 0 amide bonds. The number of ether oxygens (including phenoxy) is 3. The zero-order chi connectivity index (χ0) is 19.2. The van der Waals surface area contributed by atoms with Gasteiger partial charge in [0.2, 0.25) is 0 Å². The van der Waals surface area contributed by atoms with E-state index >= 15 is 0 Å². The number of carbonyl (C=O) groups is 1. The van der Waals surface area contributed by atoms with Crippen LogP contribution in [0, 0.1) is 0 Å². The van der Waals surface area contributed by atoms with Gasteiger partial charge < -0.3 is 14.2 Å². The summed E-state index contributed by atoms with van der Waals surface area (Å²) >= 11 is 1.67. The normalized spacial score (nSPS) is 10.8. The first kappa shape index (κ1) is 18.7. The van der Waals surface area contributed by atoms with Gasteiger partial charge in [0, 0.05) is 16.0 Å². The van der Waals surface area contributed by atoms with Crippen molar-refractivity contribution in [3.05, 3.63) is 71.1 Å². The molecule has 0 fully saturated rings. The lowest BCUT2D eigenvalue weighted by Gasteiger charge is -2.08. The van der Waals surface area contributed by atoms with E-state index < -0.39 is 0 Å². The van der Waals surface area contributed by atoms with Crippen molar-refractivity contribution in [1.82, 2.24) is 0 Å². The van der Waals surface area contributed by atoms with Gasteiger partial charge in [0.1, 0.15) is 5.75 Å². The molecule has 0 saturated carbocycles. The molecule has 2 aromatic carbocycles. The van der Waals surface area contributed by atoms with E-state index in [9.17, 15) is 4.79 Å². The lowest BCUT2D eigenvalue weighted by molar-refractivity contribution is 0.104. The molecule has 1 heterocycles. The van der Waals surface area contributed by atoms with E-state index in [4.69, 9.17) is 14.2 Å². The summed E-state index contributed by atoms with van der Waals surface area (Å²) in [7, 11) is 4.73. The van der Waals surface area contributed by atoms with Crippen LogP contribution in [0.2, 0.25) is 0 Å². The van der Waals surface area contributed by atoms with Gasteiger partial charge in [-0.25, -0.2) is 0 Å². The molecule has 0 unspecified atom stereocenters. The number of benzene rings is 2. The standard InChI is InChI=1S/C22H20O4S/c1-24-19-11-9-16(13-21(19)26-3)18(23)10-8-15-6-7-17(14-20(15)25-2)22-5-4-12-27-22/h4-14H,1-3H3. The van der Waals surface area contributed by atoms with Crippen LogP contribution in [0.25, 0.3) is 16.5 Å². The second-order valence-electron chi connectivity index (χ2n) is 5.70. The van der Waals surface area contributed by atoms with Crippen molar-refractivity contribution in [1.29, 1.82) is 0 Å². The number of hydrogen-bond acceptors (Lipinski definition) is 5. The highest BCUT2D eigenvalue weighted by molar-refractivity contribution is 7.13. The number of allylic oxidation sites excluding steroid dienone is 1. The molecule has 3 aromatic rings.